The number of carbonyl (C=O) groups excluding carboxylic acids is 1. The molecule has 0 amide bonds. The minimum Gasteiger partial charge on any atom is -0.460 e. The highest BCUT2D eigenvalue weighted by Gasteiger charge is 1.98. The lowest BCUT2D eigenvalue weighted by Crippen LogP contribution is -2.16. The van der Waals surface area contributed by atoms with Crippen LogP contribution < -0.4 is 0 Å². The predicted octanol–water partition coefficient (Wildman–Crippen LogP) is -0.0597. The fourth-order valence-electron chi connectivity index (χ4n) is 3.29. The summed E-state index contributed by atoms with van der Waals surface area (Å²) < 4.78 is 80.4. The Bertz CT molecular complexity index is 662. The van der Waals surface area contributed by atoms with Gasteiger partial charge in [-0.1, -0.05) is 6.58 Å². The zero-order chi connectivity index (χ0) is 36.1. The standard InChI is InChI=1S/C33H64O17/c1-2-33(35)50-32-31-49-30-29-48-28-27-47-26-25-46-24-23-45-22-21-44-20-19-43-18-17-42-16-15-41-14-13-40-12-11-39-10-9-38-8-7-37-6-5-36-4-3-34/h2,34H,1,3-32H2. The van der Waals surface area contributed by atoms with Gasteiger partial charge in [0.05, 0.1) is 192 Å². The molecular formula is C33H64O17. The van der Waals surface area contributed by atoms with Crippen LogP contribution in [-0.4, -0.2) is 209 Å². The molecule has 298 valence electrons. The molecule has 0 heterocycles. The first-order valence-electron chi connectivity index (χ1n) is 17.3. The number of hydrogen-bond donors (Lipinski definition) is 1. The van der Waals surface area contributed by atoms with Crippen molar-refractivity contribution < 1.29 is 81.0 Å². The van der Waals surface area contributed by atoms with Crippen LogP contribution >= 0.6 is 0 Å². The topological polar surface area (TPSA) is 176 Å². The Kier molecular flexibility index (Phi) is 44.4. The van der Waals surface area contributed by atoms with Gasteiger partial charge in [-0.2, -0.15) is 0 Å². The van der Waals surface area contributed by atoms with E-state index in [2.05, 4.69) is 6.58 Å². The van der Waals surface area contributed by atoms with E-state index < -0.39 is 5.97 Å². The van der Waals surface area contributed by atoms with E-state index in [1.54, 1.807) is 0 Å². The van der Waals surface area contributed by atoms with Crippen LogP contribution in [0.15, 0.2) is 12.7 Å². The van der Waals surface area contributed by atoms with Crippen LogP contribution in [0.4, 0.5) is 0 Å². The van der Waals surface area contributed by atoms with Crippen molar-refractivity contribution in [2.45, 2.75) is 0 Å². The second kappa shape index (κ2) is 45.6. The van der Waals surface area contributed by atoms with Crippen LogP contribution in [0.3, 0.4) is 0 Å². The molecular weight excluding hydrogens is 668 g/mol. The van der Waals surface area contributed by atoms with Crippen LogP contribution in [0.5, 0.6) is 0 Å². The minimum atomic E-state index is -0.462. The van der Waals surface area contributed by atoms with Gasteiger partial charge in [0.2, 0.25) is 0 Å². The van der Waals surface area contributed by atoms with Gasteiger partial charge in [-0.15, -0.1) is 0 Å². The average molecular weight is 733 g/mol. The quantitative estimate of drug-likeness (QED) is 0.0500. The highest BCUT2D eigenvalue weighted by atomic mass is 16.6. The number of rotatable bonds is 45. The summed E-state index contributed by atoms with van der Waals surface area (Å²) in [6.45, 7) is 16.7. The zero-order valence-electron chi connectivity index (χ0n) is 30.0. The highest BCUT2D eigenvalue weighted by Crippen LogP contribution is 1.88. The molecule has 1 N–H and O–H groups in total. The van der Waals surface area contributed by atoms with Crippen LogP contribution in [-0.2, 0) is 75.8 Å². The van der Waals surface area contributed by atoms with Crippen molar-refractivity contribution in [2.75, 3.05) is 198 Å². The maximum absolute atomic E-state index is 10.8. The molecule has 17 heteroatoms. The van der Waals surface area contributed by atoms with Gasteiger partial charge in [0, 0.05) is 6.08 Å². The molecule has 0 aliphatic rings. The van der Waals surface area contributed by atoms with Crippen molar-refractivity contribution in [3.8, 4) is 0 Å². The van der Waals surface area contributed by atoms with E-state index in [-0.39, 0.29) is 13.2 Å². The van der Waals surface area contributed by atoms with Crippen LogP contribution in [0.1, 0.15) is 0 Å². The number of esters is 1. The Morgan fingerprint density at radius 3 is 0.640 bits per heavy atom. The van der Waals surface area contributed by atoms with E-state index in [9.17, 15) is 4.79 Å². The van der Waals surface area contributed by atoms with E-state index >= 15 is 0 Å². The summed E-state index contributed by atoms with van der Waals surface area (Å²) in [5.74, 6) is -0.462. The minimum absolute atomic E-state index is 0.0203. The van der Waals surface area contributed by atoms with Crippen LogP contribution in [0.2, 0.25) is 0 Å². The third kappa shape index (κ3) is 44.6. The molecule has 0 saturated heterocycles. The number of aliphatic hydroxyl groups excluding tert-OH is 1. The molecule has 0 aromatic rings. The van der Waals surface area contributed by atoms with Crippen LogP contribution in [0, 0.1) is 0 Å². The molecule has 0 spiro atoms. The predicted molar refractivity (Wildman–Crippen MR) is 180 cm³/mol. The smallest absolute Gasteiger partial charge is 0.330 e. The first-order chi connectivity index (χ1) is 24.8. The number of carbonyl (C=O) groups is 1. The fraction of sp³-hybridized carbons (Fsp3) is 0.909. The molecule has 50 heavy (non-hydrogen) atoms. The van der Waals surface area contributed by atoms with Gasteiger partial charge in [-0.05, 0) is 0 Å². The van der Waals surface area contributed by atoms with E-state index in [0.717, 1.165) is 6.08 Å². The molecule has 17 nitrogen and oxygen atoms in total. The van der Waals surface area contributed by atoms with Gasteiger partial charge in [0.1, 0.15) is 6.61 Å². The van der Waals surface area contributed by atoms with Gasteiger partial charge >= 0.3 is 5.97 Å². The fourth-order valence-corrected chi connectivity index (χ4v) is 3.29. The van der Waals surface area contributed by atoms with Crippen molar-refractivity contribution in [3.05, 3.63) is 12.7 Å². The summed E-state index contributed by atoms with van der Waals surface area (Å²) in [5.41, 5.74) is 0. The number of hydrogen-bond acceptors (Lipinski definition) is 17. The van der Waals surface area contributed by atoms with Gasteiger partial charge in [0.25, 0.3) is 0 Å². The summed E-state index contributed by atoms with van der Waals surface area (Å²) in [6.07, 6.45) is 1.11. The SMILES string of the molecule is C=CC(=O)OCCOCCOCCOCCOCCOCCOCCOCCOCCOCCOCCOCCOCCOCCOCCO. The molecule has 0 aliphatic heterocycles. The largest absolute Gasteiger partial charge is 0.460 e. The second-order valence-electron chi connectivity index (χ2n) is 9.67. The van der Waals surface area contributed by atoms with Gasteiger partial charge in [-0.3, -0.25) is 0 Å². The molecule has 0 fully saturated rings. The lowest BCUT2D eigenvalue weighted by molar-refractivity contribution is -0.139. The molecule has 0 atom stereocenters. The second-order valence-corrected chi connectivity index (χ2v) is 9.67. The van der Waals surface area contributed by atoms with Crippen molar-refractivity contribution in [3.63, 3.8) is 0 Å². The lowest BCUT2D eigenvalue weighted by atomic mass is 10.6. The highest BCUT2D eigenvalue weighted by molar-refractivity contribution is 5.81. The summed E-state index contributed by atoms with van der Waals surface area (Å²) in [7, 11) is 0. The van der Waals surface area contributed by atoms with Crippen molar-refractivity contribution in [1.29, 1.82) is 0 Å². The Balaban J connectivity index is 3.06. The van der Waals surface area contributed by atoms with E-state index in [4.69, 9.17) is 76.2 Å². The summed E-state index contributed by atoms with van der Waals surface area (Å²) in [5, 5.41) is 8.58. The third-order valence-electron chi connectivity index (χ3n) is 5.71. The number of aliphatic hydroxyl groups is 1. The monoisotopic (exact) mass is 732 g/mol. The molecule has 0 aromatic heterocycles. The Morgan fingerprint density at radius 2 is 0.480 bits per heavy atom. The van der Waals surface area contributed by atoms with Gasteiger partial charge in [0.15, 0.2) is 0 Å². The Labute approximate surface area is 297 Å². The molecule has 0 aliphatic carbocycles. The molecule has 0 aromatic carbocycles. The first kappa shape index (κ1) is 48.6. The number of ether oxygens (including phenoxy) is 15. The average Bonchev–Trinajstić information content (AvgIpc) is 3.13. The summed E-state index contributed by atoms with van der Waals surface area (Å²) >= 11 is 0. The Morgan fingerprint density at radius 1 is 0.320 bits per heavy atom. The van der Waals surface area contributed by atoms with Crippen molar-refractivity contribution in [2.24, 2.45) is 0 Å². The van der Waals surface area contributed by atoms with E-state index in [0.29, 0.717) is 185 Å². The molecule has 0 unspecified atom stereocenters. The summed E-state index contributed by atoms with van der Waals surface area (Å²) in [6, 6.07) is 0. The third-order valence-corrected chi connectivity index (χ3v) is 5.71. The molecule has 0 radical (unpaired) electrons. The Hall–Kier alpha value is -1.39. The normalized spacial score (nSPS) is 11.4. The zero-order valence-corrected chi connectivity index (χ0v) is 30.0. The van der Waals surface area contributed by atoms with Gasteiger partial charge < -0.3 is 76.2 Å². The molecule has 0 bridgehead atoms. The maximum atomic E-state index is 10.8. The van der Waals surface area contributed by atoms with Gasteiger partial charge in [-0.25, -0.2) is 4.79 Å². The maximum Gasteiger partial charge on any atom is 0.330 e. The molecule has 0 rings (SSSR count). The summed E-state index contributed by atoms with van der Waals surface area (Å²) in [4.78, 5) is 10.8. The van der Waals surface area contributed by atoms with Crippen molar-refractivity contribution in [1.82, 2.24) is 0 Å². The van der Waals surface area contributed by atoms with E-state index in [1.165, 1.54) is 0 Å². The first-order valence-corrected chi connectivity index (χ1v) is 17.3. The van der Waals surface area contributed by atoms with Crippen molar-refractivity contribution >= 4 is 5.97 Å². The van der Waals surface area contributed by atoms with Crippen LogP contribution in [0.25, 0.3) is 0 Å². The van der Waals surface area contributed by atoms with E-state index in [1.807, 2.05) is 0 Å². The molecule has 0 saturated carbocycles. The lowest BCUT2D eigenvalue weighted by Gasteiger charge is -2.09.